The van der Waals surface area contributed by atoms with Crippen LogP contribution in [0.2, 0.25) is 0 Å². The zero-order chi connectivity index (χ0) is 16.4. The second-order valence-electron chi connectivity index (χ2n) is 5.43. The molecule has 0 aliphatic carbocycles. The molecule has 0 amide bonds. The molecule has 0 radical (unpaired) electrons. The van der Waals surface area contributed by atoms with Gasteiger partial charge >= 0.3 is 5.97 Å². The van der Waals surface area contributed by atoms with Gasteiger partial charge in [0.05, 0.1) is 16.9 Å². The lowest BCUT2D eigenvalue weighted by Gasteiger charge is -2.13. The van der Waals surface area contributed by atoms with Crippen molar-refractivity contribution >= 4 is 28.2 Å². The predicted octanol–water partition coefficient (Wildman–Crippen LogP) is 3.44. The van der Waals surface area contributed by atoms with Crippen LogP contribution in [0.25, 0.3) is 10.9 Å². The largest absolute Gasteiger partial charge is 0.478 e. The van der Waals surface area contributed by atoms with E-state index in [9.17, 15) is 9.90 Å². The number of nitrogens with one attached hydrogen (secondary N) is 1. The van der Waals surface area contributed by atoms with Gasteiger partial charge in [0.1, 0.15) is 5.56 Å². The number of aromatic nitrogens is 1. The third-order valence-electron chi connectivity index (χ3n) is 3.75. The van der Waals surface area contributed by atoms with Crippen LogP contribution in [0.1, 0.15) is 21.5 Å². The molecule has 0 saturated carbocycles. The number of carboxylic acid groups (broad SMARTS) is 1. The number of nitrogens with zero attached hydrogens (tertiary/aromatic N) is 1. The number of nitrogens with two attached hydrogens (primary N) is 1. The molecule has 5 heteroatoms. The zero-order valence-corrected chi connectivity index (χ0v) is 12.7. The van der Waals surface area contributed by atoms with Crippen molar-refractivity contribution in [2.75, 3.05) is 11.1 Å². The van der Waals surface area contributed by atoms with Gasteiger partial charge in [-0.2, -0.15) is 0 Å². The predicted molar refractivity (Wildman–Crippen MR) is 91.6 cm³/mol. The van der Waals surface area contributed by atoms with E-state index in [4.69, 9.17) is 5.73 Å². The molecule has 0 fully saturated rings. The van der Waals surface area contributed by atoms with E-state index in [1.807, 2.05) is 37.3 Å². The molecule has 1 heterocycles. The Kier molecular flexibility index (Phi) is 3.85. The number of anilines is 2. The van der Waals surface area contributed by atoms with E-state index in [-0.39, 0.29) is 5.56 Å². The van der Waals surface area contributed by atoms with E-state index in [0.29, 0.717) is 28.8 Å². The van der Waals surface area contributed by atoms with Crippen LogP contribution >= 0.6 is 0 Å². The minimum Gasteiger partial charge on any atom is -0.478 e. The van der Waals surface area contributed by atoms with Crippen LogP contribution in [-0.4, -0.2) is 16.1 Å². The third-order valence-corrected chi connectivity index (χ3v) is 3.75. The Morgan fingerprint density at radius 3 is 2.65 bits per heavy atom. The van der Waals surface area contributed by atoms with Gasteiger partial charge in [-0.1, -0.05) is 42.0 Å². The molecule has 0 aliphatic heterocycles. The molecule has 0 aliphatic rings. The summed E-state index contributed by atoms with van der Waals surface area (Å²) >= 11 is 0. The number of para-hydroxylation sites is 1. The molecule has 3 rings (SSSR count). The van der Waals surface area contributed by atoms with Crippen LogP contribution in [0.15, 0.2) is 48.7 Å². The summed E-state index contributed by atoms with van der Waals surface area (Å²) in [5.41, 5.74) is 9.99. The van der Waals surface area contributed by atoms with E-state index in [0.717, 1.165) is 5.56 Å². The highest BCUT2D eigenvalue weighted by molar-refractivity contribution is 6.06. The fourth-order valence-electron chi connectivity index (χ4n) is 2.49. The second kappa shape index (κ2) is 5.96. The van der Waals surface area contributed by atoms with Crippen LogP contribution in [0.5, 0.6) is 0 Å². The van der Waals surface area contributed by atoms with E-state index >= 15 is 0 Å². The first kappa shape index (κ1) is 14.8. The second-order valence-corrected chi connectivity index (χ2v) is 5.43. The summed E-state index contributed by atoms with van der Waals surface area (Å²) in [4.78, 5) is 15.7. The number of rotatable bonds is 4. The van der Waals surface area contributed by atoms with Crippen LogP contribution < -0.4 is 11.1 Å². The van der Waals surface area contributed by atoms with Crippen LogP contribution in [0.4, 0.5) is 11.4 Å². The maximum absolute atomic E-state index is 11.5. The third kappa shape index (κ3) is 2.94. The van der Waals surface area contributed by atoms with Gasteiger partial charge in [0.25, 0.3) is 0 Å². The number of fused-ring (bicyclic) bond motifs is 1. The highest BCUT2D eigenvalue weighted by atomic mass is 16.4. The Labute approximate surface area is 133 Å². The van der Waals surface area contributed by atoms with Crippen molar-refractivity contribution in [3.63, 3.8) is 0 Å². The molecule has 2 aromatic carbocycles. The van der Waals surface area contributed by atoms with E-state index in [2.05, 4.69) is 10.3 Å². The summed E-state index contributed by atoms with van der Waals surface area (Å²) in [6, 6.07) is 13.4. The monoisotopic (exact) mass is 307 g/mol. The number of hydrogen-bond donors (Lipinski definition) is 3. The molecule has 0 bridgehead atoms. The number of aromatic carboxylic acids is 1. The fourth-order valence-corrected chi connectivity index (χ4v) is 2.49. The Hall–Kier alpha value is -3.08. The molecular weight excluding hydrogens is 290 g/mol. The van der Waals surface area contributed by atoms with Crippen molar-refractivity contribution in [3.05, 3.63) is 65.4 Å². The first-order valence-corrected chi connectivity index (χ1v) is 7.26. The first-order valence-electron chi connectivity index (χ1n) is 7.26. The molecule has 0 atom stereocenters. The average molecular weight is 307 g/mol. The Balaban J connectivity index is 2.03. The Bertz CT molecular complexity index is 873. The van der Waals surface area contributed by atoms with E-state index in [1.54, 1.807) is 12.1 Å². The summed E-state index contributed by atoms with van der Waals surface area (Å²) in [5.74, 6) is -1.02. The van der Waals surface area contributed by atoms with Crippen molar-refractivity contribution in [3.8, 4) is 0 Å². The summed E-state index contributed by atoms with van der Waals surface area (Å²) < 4.78 is 0. The van der Waals surface area contributed by atoms with Gasteiger partial charge in [-0.25, -0.2) is 4.79 Å². The number of nitrogen functional groups attached to an aromatic ring is 1. The highest BCUT2D eigenvalue weighted by Crippen LogP contribution is 2.29. The van der Waals surface area contributed by atoms with E-state index < -0.39 is 5.97 Å². The smallest absolute Gasteiger partial charge is 0.339 e. The van der Waals surface area contributed by atoms with Crippen molar-refractivity contribution in [1.82, 2.24) is 4.98 Å². The van der Waals surface area contributed by atoms with Gasteiger partial charge in [0, 0.05) is 18.1 Å². The highest BCUT2D eigenvalue weighted by Gasteiger charge is 2.15. The summed E-state index contributed by atoms with van der Waals surface area (Å²) in [6.07, 6.45) is 1.35. The van der Waals surface area contributed by atoms with Crippen molar-refractivity contribution in [2.24, 2.45) is 0 Å². The Morgan fingerprint density at radius 2 is 1.96 bits per heavy atom. The van der Waals surface area contributed by atoms with Gasteiger partial charge in [-0.3, -0.25) is 4.98 Å². The topological polar surface area (TPSA) is 88.2 Å². The normalized spacial score (nSPS) is 10.7. The molecule has 3 aromatic rings. The van der Waals surface area contributed by atoms with Gasteiger partial charge < -0.3 is 16.2 Å². The fraction of sp³-hybridized carbons (Fsp3) is 0.111. The van der Waals surface area contributed by atoms with Gasteiger partial charge in [-0.15, -0.1) is 0 Å². The number of pyridine rings is 1. The number of benzene rings is 2. The number of carboxylic acids is 1. The molecule has 0 saturated heterocycles. The minimum absolute atomic E-state index is 0.134. The van der Waals surface area contributed by atoms with Gasteiger partial charge in [-0.05, 0) is 18.6 Å². The lowest BCUT2D eigenvalue weighted by molar-refractivity contribution is 0.0697. The summed E-state index contributed by atoms with van der Waals surface area (Å²) in [5, 5.41) is 13.3. The number of carbonyl (C=O) groups is 1. The number of aryl methyl sites for hydroxylation is 1. The van der Waals surface area contributed by atoms with Crippen molar-refractivity contribution in [1.29, 1.82) is 0 Å². The molecule has 0 spiro atoms. The van der Waals surface area contributed by atoms with Crippen LogP contribution in [0, 0.1) is 6.92 Å². The van der Waals surface area contributed by atoms with Gasteiger partial charge in [0.15, 0.2) is 0 Å². The zero-order valence-electron chi connectivity index (χ0n) is 12.7. The molecular formula is C18H17N3O2. The molecule has 116 valence electrons. The minimum atomic E-state index is -1.02. The van der Waals surface area contributed by atoms with Crippen molar-refractivity contribution < 1.29 is 9.90 Å². The molecule has 0 unspecified atom stereocenters. The molecule has 5 nitrogen and oxygen atoms in total. The molecule has 23 heavy (non-hydrogen) atoms. The lowest BCUT2D eigenvalue weighted by atomic mass is 10.1. The van der Waals surface area contributed by atoms with E-state index in [1.165, 1.54) is 11.8 Å². The maximum atomic E-state index is 11.5. The number of hydrogen-bond acceptors (Lipinski definition) is 4. The average Bonchev–Trinajstić information content (AvgIpc) is 2.54. The first-order chi connectivity index (χ1) is 11.1. The SMILES string of the molecule is Cc1ccc(CNc2c(C(=O)O)cnc3c(N)cccc23)cc1. The van der Waals surface area contributed by atoms with Crippen LogP contribution in [0.3, 0.4) is 0 Å². The summed E-state index contributed by atoms with van der Waals surface area (Å²) in [6.45, 7) is 2.55. The lowest BCUT2D eigenvalue weighted by Crippen LogP contribution is -2.08. The standard InChI is InChI=1S/C18H17N3O2/c1-11-5-7-12(8-6-11)9-20-16-13-3-2-4-15(19)17(13)21-10-14(16)18(22)23/h2-8,10H,9,19H2,1H3,(H,20,21)(H,22,23). The summed E-state index contributed by atoms with van der Waals surface area (Å²) in [7, 11) is 0. The maximum Gasteiger partial charge on any atom is 0.339 e. The molecule has 4 N–H and O–H groups in total. The quantitative estimate of drug-likeness (QED) is 0.643. The van der Waals surface area contributed by atoms with Gasteiger partial charge in [0.2, 0.25) is 0 Å². The van der Waals surface area contributed by atoms with Crippen molar-refractivity contribution in [2.45, 2.75) is 13.5 Å². The molecule has 1 aromatic heterocycles. The Morgan fingerprint density at radius 1 is 1.22 bits per heavy atom. The van der Waals surface area contributed by atoms with Crippen LogP contribution in [-0.2, 0) is 6.54 Å².